The number of aryl methyl sites for hydroxylation is 2. The van der Waals surface area contributed by atoms with Crippen LogP contribution in [0.1, 0.15) is 13.3 Å². The van der Waals surface area contributed by atoms with Gasteiger partial charge in [-0.1, -0.05) is 31.2 Å². The van der Waals surface area contributed by atoms with E-state index in [9.17, 15) is 8.42 Å². The number of para-hydroxylation sites is 4. The first kappa shape index (κ1) is 22.3. The lowest BCUT2D eigenvalue weighted by Gasteiger charge is -2.03. The first-order valence-corrected chi connectivity index (χ1v) is 10.3. The van der Waals surface area contributed by atoms with Crippen LogP contribution in [0.25, 0.3) is 22.1 Å². The summed E-state index contributed by atoms with van der Waals surface area (Å²) >= 11 is 0. The van der Waals surface area contributed by atoms with Gasteiger partial charge in [-0.25, -0.2) is 9.97 Å². The molecule has 0 saturated heterocycles. The molecule has 0 radical (unpaired) electrons. The second kappa shape index (κ2) is 9.01. The maximum Gasteiger partial charge on any atom is 0.328 e. The number of halogens is 1. The maximum atomic E-state index is 10.9. The molecule has 2 aromatic heterocycles. The molecule has 0 aliphatic heterocycles. The molecule has 0 atom stereocenters. The monoisotopic (exact) mass is 421 g/mol. The zero-order chi connectivity index (χ0) is 20.3. The second-order valence-corrected chi connectivity index (χ2v) is 7.64. The molecule has 10 heteroatoms. The van der Waals surface area contributed by atoms with Crippen LogP contribution >= 0.6 is 0 Å². The van der Waals surface area contributed by atoms with Crippen molar-refractivity contribution in [2.24, 2.45) is 14.1 Å². The van der Waals surface area contributed by atoms with Crippen LogP contribution in [0.15, 0.2) is 53.7 Å². The van der Waals surface area contributed by atoms with Gasteiger partial charge in [-0.15, -0.1) is 0 Å². The summed E-state index contributed by atoms with van der Waals surface area (Å²) in [5, 5.41) is 2.97. The lowest BCUT2D eigenvalue weighted by Crippen LogP contribution is -2.06. The molecule has 0 aliphatic rings. The van der Waals surface area contributed by atoms with E-state index in [-0.39, 0.29) is 9.86 Å². The van der Waals surface area contributed by atoms with Crippen LogP contribution in [-0.2, 0) is 24.2 Å². The molecular formula is C19H24FN5O3S. The predicted molar refractivity (Wildman–Crippen MR) is 113 cm³/mol. The average molecular weight is 421 g/mol. The second-order valence-electron chi connectivity index (χ2n) is 6.33. The number of hydrogen-bond donors (Lipinski definition) is 2. The van der Waals surface area contributed by atoms with Gasteiger partial charge in [0.15, 0.2) is 0 Å². The van der Waals surface area contributed by atoms with E-state index in [1.165, 1.54) is 10.1 Å². The van der Waals surface area contributed by atoms with Crippen LogP contribution in [0.4, 0.5) is 10.7 Å². The average Bonchev–Trinajstić information content (AvgIpc) is 3.19. The highest BCUT2D eigenvalue weighted by Gasteiger charge is 2.18. The number of anilines is 1. The topological polar surface area (TPSA) is 102 Å². The van der Waals surface area contributed by atoms with Crippen LogP contribution < -0.4 is 5.32 Å². The summed E-state index contributed by atoms with van der Waals surface area (Å²) in [4.78, 5) is 8.31. The Bertz CT molecular complexity index is 1220. The Labute approximate surface area is 168 Å². The molecule has 0 bridgehead atoms. The summed E-state index contributed by atoms with van der Waals surface area (Å²) in [6, 6.07) is 15.1. The fourth-order valence-corrected chi connectivity index (χ4v) is 3.55. The third-order valence-electron chi connectivity index (χ3n) is 4.30. The van der Waals surface area contributed by atoms with Gasteiger partial charge in [-0.05, 0) is 30.7 Å². The van der Waals surface area contributed by atoms with Crippen molar-refractivity contribution in [3.8, 4) is 0 Å². The molecule has 0 spiro atoms. The number of rotatable bonds is 4. The molecule has 2 N–H and O–H groups in total. The van der Waals surface area contributed by atoms with Crippen molar-refractivity contribution >= 4 is 38.1 Å². The summed E-state index contributed by atoms with van der Waals surface area (Å²) in [6.45, 7) is 3.12. The minimum absolute atomic E-state index is 0. The highest BCUT2D eigenvalue weighted by Crippen LogP contribution is 2.18. The SMILES string of the molecule is CCCNc1nc2ccccc2n1C.Cn1c(S(=O)(=O)O)nc2ccccc21.F. The van der Waals surface area contributed by atoms with Crippen LogP contribution in [0.5, 0.6) is 0 Å². The van der Waals surface area contributed by atoms with E-state index in [4.69, 9.17) is 4.55 Å². The molecule has 2 heterocycles. The molecule has 2 aromatic carbocycles. The summed E-state index contributed by atoms with van der Waals surface area (Å²) < 4.78 is 34.1. The minimum atomic E-state index is -4.24. The predicted octanol–water partition coefficient (Wildman–Crippen LogP) is 3.37. The van der Waals surface area contributed by atoms with Gasteiger partial charge in [0, 0.05) is 20.6 Å². The van der Waals surface area contributed by atoms with Crippen molar-refractivity contribution in [3.05, 3.63) is 48.5 Å². The third-order valence-corrected chi connectivity index (χ3v) is 5.12. The van der Waals surface area contributed by atoms with E-state index >= 15 is 0 Å². The molecule has 156 valence electrons. The standard InChI is InChI=1S/C11H15N3.C8H8N2O3S.FH/c1-3-8-12-11-13-9-6-4-5-7-10(9)14(11)2;1-10-7-5-3-2-4-6(7)9-8(10)14(11,12)13;/h4-7H,3,8H2,1-2H3,(H,12,13);2-5H,1H3,(H,11,12,13);1H. The van der Waals surface area contributed by atoms with Crippen molar-refractivity contribution < 1.29 is 17.7 Å². The largest absolute Gasteiger partial charge is 0.356 e. The van der Waals surface area contributed by atoms with E-state index in [0.29, 0.717) is 11.0 Å². The third kappa shape index (κ3) is 4.72. The van der Waals surface area contributed by atoms with Gasteiger partial charge in [0.2, 0.25) is 5.95 Å². The zero-order valence-electron chi connectivity index (χ0n) is 16.4. The Kier molecular flexibility index (Phi) is 6.93. The molecular weight excluding hydrogens is 397 g/mol. The zero-order valence-corrected chi connectivity index (χ0v) is 17.2. The molecule has 4 aromatic rings. The Balaban J connectivity index is 0.000000200. The van der Waals surface area contributed by atoms with E-state index in [1.54, 1.807) is 31.3 Å². The fourth-order valence-electron chi connectivity index (χ4n) is 2.89. The van der Waals surface area contributed by atoms with Crippen molar-refractivity contribution in [2.75, 3.05) is 11.9 Å². The highest BCUT2D eigenvalue weighted by atomic mass is 32.2. The smallest absolute Gasteiger partial charge is 0.328 e. The number of benzene rings is 2. The van der Waals surface area contributed by atoms with E-state index in [2.05, 4.69) is 32.8 Å². The summed E-state index contributed by atoms with van der Waals surface area (Å²) in [6.07, 6.45) is 1.11. The molecule has 0 saturated carbocycles. The first-order chi connectivity index (χ1) is 13.3. The highest BCUT2D eigenvalue weighted by molar-refractivity contribution is 7.85. The summed E-state index contributed by atoms with van der Waals surface area (Å²) in [5.74, 6) is 0.952. The van der Waals surface area contributed by atoms with Gasteiger partial charge in [-0.3, -0.25) is 9.26 Å². The van der Waals surface area contributed by atoms with Gasteiger partial charge < -0.3 is 14.5 Å². The Morgan fingerprint density at radius 2 is 1.45 bits per heavy atom. The summed E-state index contributed by atoms with van der Waals surface area (Å²) in [7, 11) is -0.668. The number of hydrogen-bond acceptors (Lipinski definition) is 5. The number of nitrogens with one attached hydrogen (secondary N) is 1. The lowest BCUT2D eigenvalue weighted by molar-refractivity contribution is 0.470. The van der Waals surface area contributed by atoms with Crippen molar-refractivity contribution in [1.82, 2.24) is 19.1 Å². The molecule has 0 aliphatic carbocycles. The number of nitrogens with zero attached hydrogens (tertiary/aromatic N) is 4. The van der Waals surface area contributed by atoms with Crippen LogP contribution in [0.2, 0.25) is 0 Å². The first-order valence-electron chi connectivity index (χ1n) is 8.87. The number of aromatic nitrogens is 4. The van der Waals surface area contributed by atoms with Gasteiger partial charge >= 0.3 is 10.1 Å². The Hall–Kier alpha value is -2.98. The summed E-state index contributed by atoms with van der Waals surface area (Å²) in [5.41, 5.74) is 3.43. The molecule has 0 unspecified atom stereocenters. The van der Waals surface area contributed by atoms with Gasteiger partial charge in [0.05, 0.1) is 22.1 Å². The molecule has 0 amide bonds. The van der Waals surface area contributed by atoms with E-state index in [0.717, 1.165) is 24.4 Å². The Morgan fingerprint density at radius 3 is 1.93 bits per heavy atom. The van der Waals surface area contributed by atoms with Gasteiger partial charge in [0.25, 0.3) is 5.16 Å². The van der Waals surface area contributed by atoms with Crippen LogP contribution in [0.3, 0.4) is 0 Å². The maximum absolute atomic E-state index is 10.9. The van der Waals surface area contributed by atoms with Crippen LogP contribution in [0, 0.1) is 0 Å². The van der Waals surface area contributed by atoms with E-state index in [1.807, 2.05) is 25.2 Å². The minimum Gasteiger partial charge on any atom is -0.356 e. The normalized spacial score (nSPS) is 11.0. The van der Waals surface area contributed by atoms with Crippen molar-refractivity contribution in [2.45, 2.75) is 18.5 Å². The number of fused-ring (bicyclic) bond motifs is 2. The fraction of sp³-hybridized carbons (Fsp3) is 0.263. The molecule has 8 nitrogen and oxygen atoms in total. The Morgan fingerprint density at radius 1 is 0.931 bits per heavy atom. The molecule has 0 fully saturated rings. The number of imidazole rings is 2. The quantitative estimate of drug-likeness (QED) is 0.490. The van der Waals surface area contributed by atoms with Crippen molar-refractivity contribution in [3.63, 3.8) is 0 Å². The van der Waals surface area contributed by atoms with Gasteiger partial charge in [0.1, 0.15) is 0 Å². The van der Waals surface area contributed by atoms with Gasteiger partial charge in [-0.2, -0.15) is 8.42 Å². The lowest BCUT2D eigenvalue weighted by atomic mass is 10.3. The van der Waals surface area contributed by atoms with Crippen LogP contribution in [-0.4, -0.2) is 38.6 Å². The molecule has 29 heavy (non-hydrogen) atoms. The van der Waals surface area contributed by atoms with Crippen molar-refractivity contribution in [1.29, 1.82) is 0 Å². The molecule has 4 rings (SSSR count). The van der Waals surface area contributed by atoms with E-state index < -0.39 is 10.1 Å².